The van der Waals surface area contributed by atoms with E-state index in [0.717, 1.165) is 19.1 Å². The summed E-state index contributed by atoms with van der Waals surface area (Å²) in [6, 6.07) is 0. The standard InChI is InChI=1S/C11H18O/c1-9-5-10(2,3)7-11(4,6-9)8-12/h5,8H,6-7H2,1-4H3. The number of hydrogen-bond donors (Lipinski definition) is 0. The molecule has 1 heteroatoms. The number of hydrogen-bond acceptors (Lipinski definition) is 1. The molecular formula is C11H18O. The third-order valence-electron chi connectivity index (χ3n) is 2.46. The number of carbonyl (C=O) groups is 1. The lowest BCUT2D eigenvalue weighted by atomic mass is 9.67. The molecule has 1 aliphatic rings. The molecule has 0 N–H and O–H groups in total. The third kappa shape index (κ3) is 1.96. The number of rotatable bonds is 1. The van der Waals surface area contributed by atoms with E-state index < -0.39 is 0 Å². The van der Waals surface area contributed by atoms with Crippen LogP contribution in [0.1, 0.15) is 40.5 Å². The normalized spacial score (nSPS) is 34.2. The largest absolute Gasteiger partial charge is 0.303 e. The van der Waals surface area contributed by atoms with Gasteiger partial charge in [0.15, 0.2) is 0 Å². The van der Waals surface area contributed by atoms with Crippen LogP contribution in [0.15, 0.2) is 11.6 Å². The van der Waals surface area contributed by atoms with Crippen LogP contribution in [0.25, 0.3) is 0 Å². The fourth-order valence-corrected chi connectivity index (χ4v) is 2.59. The Bertz CT molecular complexity index is 225. The summed E-state index contributed by atoms with van der Waals surface area (Å²) in [7, 11) is 0. The number of aldehydes is 1. The summed E-state index contributed by atoms with van der Waals surface area (Å²) in [5, 5.41) is 0. The van der Waals surface area contributed by atoms with E-state index in [2.05, 4.69) is 33.8 Å². The molecular weight excluding hydrogens is 148 g/mol. The molecule has 0 aliphatic heterocycles. The van der Waals surface area contributed by atoms with Gasteiger partial charge in [-0.05, 0) is 25.2 Å². The van der Waals surface area contributed by atoms with E-state index in [4.69, 9.17) is 0 Å². The van der Waals surface area contributed by atoms with Crippen molar-refractivity contribution in [3.63, 3.8) is 0 Å². The molecule has 0 fully saturated rings. The molecule has 1 atom stereocenters. The predicted octanol–water partition coefficient (Wildman–Crippen LogP) is 2.96. The van der Waals surface area contributed by atoms with E-state index in [1.54, 1.807) is 0 Å². The second-order valence-corrected chi connectivity index (χ2v) is 5.10. The quantitative estimate of drug-likeness (QED) is 0.432. The van der Waals surface area contributed by atoms with Crippen molar-refractivity contribution < 1.29 is 4.79 Å². The van der Waals surface area contributed by atoms with Crippen molar-refractivity contribution in [2.45, 2.75) is 40.5 Å². The lowest BCUT2D eigenvalue weighted by molar-refractivity contribution is -0.117. The van der Waals surface area contributed by atoms with Crippen LogP contribution in [-0.2, 0) is 4.79 Å². The maximum atomic E-state index is 10.9. The van der Waals surface area contributed by atoms with Gasteiger partial charge in [0.2, 0.25) is 0 Å². The molecule has 68 valence electrons. The maximum Gasteiger partial charge on any atom is 0.126 e. The monoisotopic (exact) mass is 166 g/mol. The lowest BCUT2D eigenvalue weighted by Crippen LogP contribution is -2.30. The lowest BCUT2D eigenvalue weighted by Gasteiger charge is -2.37. The molecule has 0 aromatic rings. The summed E-state index contributed by atoms with van der Waals surface area (Å²) in [6.45, 7) is 8.55. The van der Waals surface area contributed by atoms with E-state index in [0.29, 0.717) is 0 Å². The number of allylic oxidation sites excluding steroid dienone is 2. The van der Waals surface area contributed by atoms with Crippen molar-refractivity contribution in [3.8, 4) is 0 Å². The van der Waals surface area contributed by atoms with Crippen molar-refractivity contribution >= 4 is 6.29 Å². The Morgan fingerprint density at radius 2 is 2.00 bits per heavy atom. The van der Waals surface area contributed by atoms with Gasteiger partial charge in [-0.15, -0.1) is 0 Å². The molecule has 0 saturated carbocycles. The molecule has 1 nitrogen and oxygen atoms in total. The molecule has 1 rings (SSSR count). The first-order valence-corrected chi connectivity index (χ1v) is 4.52. The Labute approximate surface area is 74.9 Å². The van der Waals surface area contributed by atoms with Gasteiger partial charge < -0.3 is 4.79 Å². The molecule has 1 aliphatic carbocycles. The van der Waals surface area contributed by atoms with E-state index in [9.17, 15) is 4.79 Å². The van der Waals surface area contributed by atoms with Crippen LogP contribution in [0, 0.1) is 10.8 Å². The van der Waals surface area contributed by atoms with Crippen LogP contribution in [0.2, 0.25) is 0 Å². The van der Waals surface area contributed by atoms with Gasteiger partial charge in [0.25, 0.3) is 0 Å². The average molecular weight is 166 g/mol. The Morgan fingerprint density at radius 3 is 2.42 bits per heavy atom. The van der Waals surface area contributed by atoms with Crippen LogP contribution < -0.4 is 0 Å². The van der Waals surface area contributed by atoms with Gasteiger partial charge in [0.05, 0.1) is 0 Å². The SMILES string of the molecule is CC1=CC(C)(C)CC(C)(C=O)C1. The van der Waals surface area contributed by atoms with Gasteiger partial charge in [0, 0.05) is 5.41 Å². The zero-order valence-corrected chi connectivity index (χ0v) is 8.48. The highest BCUT2D eigenvalue weighted by Crippen LogP contribution is 2.43. The van der Waals surface area contributed by atoms with Gasteiger partial charge >= 0.3 is 0 Å². The first-order valence-electron chi connectivity index (χ1n) is 4.52. The van der Waals surface area contributed by atoms with Crippen molar-refractivity contribution in [1.82, 2.24) is 0 Å². The van der Waals surface area contributed by atoms with Crippen LogP contribution in [0.3, 0.4) is 0 Å². The van der Waals surface area contributed by atoms with Crippen LogP contribution in [0.5, 0.6) is 0 Å². The molecule has 0 radical (unpaired) electrons. The van der Waals surface area contributed by atoms with Crippen LogP contribution in [0.4, 0.5) is 0 Å². The number of carbonyl (C=O) groups excluding carboxylic acids is 1. The van der Waals surface area contributed by atoms with E-state index in [1.165, 1.54) is 5.57 Å². The average Bonchev–Trinajstić information content (AvgIpc) is 1.82. The van der Waals surface area contributed by atoms with E-state index in [-0.39, 0.29) is 10.8 Å². The zero-order chi connectivity index (χ0) is 9.41. The van der Waals surface area contributed by atoms with Crippen LogP contribution >= 0.6 is 0 Å². The van der Waals surface area contributed by atoms with Gasteiger partial charge in [-0.3, -0.25) is 0 Å². The summed E-state index contributed by atoms with van der Waals surface area (Å²) in [6.07, 6.45) is 5.31. The highest BCUT2D eigenvalue weighted by Gasteiger charge is 2.35. The minimum atomic E-state index is -0.123. The molecule has 12 heavy (non-hydrogen) atoms. The summed E-state index contributed by atoms with van der Waals surface area (Å²) in [4.78, 5) is 10.9. The van der Waals surface area contributed by atoms with Crippen molar-refractivity contribution in [2.75, 3.05) is 0 Å². The minimum absolute atomic E-state index is 0.123. The highest BCUT2D eigenvalue weighted by molar-refractivity contribution is 5.60. The van der Waals surface area contributed by atoms with Gasteiger partial charge in [-0.25, -0.2) is 0 Å². The van der Waals surface area contributed by atoms with Gasteiger partial charge in [-0.1, -0.05) is 32.4 Å². The first-order chi connectivity index (χ1) is 5.37. The molecule has 0 aromatic heterocycles. The topological polar surface area (TPSA) is 17.1 Å². The fraction of sp³-hybridized carbons (Fsp3) is 0.727. The zero-order valence-electron chi connectivity index (χ0n) is 8.48. The minimum Gasteiger partial charge on any atom is -0.303 e. The molecule has 0 amide bonds. The second kappa shape index (κ2) is 2.72. The molecule has 0 spiro atoms. The Morgan fingerprint density at radius 1 is 1.42 bits per heavy atom. The van der Waals surface area contributed by atoms with Gasteiger partial charge in [0.1, 0.15) is 6.29 Å². The summed E-state index contributed by atoms with van der Waals surface area (Å²) in [5.74, 6) is 0. The smallest absolute Gasteiger partial charge is 0.126 e. The summed E-state index contributed by atoms with van der Waals surface area (Å²) >= 11 is 0. The summed E-state index contributed by atoms with van der Waals surface area (Å²) < 4.78 is 0. The maximum absolute atomic E-state index is 10.9. The Balaban J connectivity index is 2.93. The second-order valence-electron chi connectivity index (χ2n) is 5.10. The Hall–Kier alpha value is -0.590. The Kier molecular flexibility index (Phi) is 2.15. The molecule has 0 bridgehead atoms. The predicted molar refractivity (Wildman–Crippen MR) is 50.9 cm³/mol. The first kappa shape index (κ1) is 9.50. The molecule has 0 aromatic carbocycles. The van der Waals surface area contributed by atoms with E-state index in [1.807, 2.05) is 0 Å². The van der Waals surface area contributed by atoms with Crippen molar-refractivity contribution in [1.29, 1.82) is 0 Å². The highest BCUT2D eigenvalue weighted by atomic mass is 16.1. The third-order valence-corrected chi connectivity index (χ3v) is 2.46. The van der Waals surface area contributed by atoms with Crippen molar-refractivity contribution in [3.05, 3.63) is 11.6 Å². The molecule has 0 heterocycles. The molecule has 1 unspecified atom stereocenters. The van der Waals surface area contributed by atoms with Crippen molar-refractivity contribution in [2.24, 2.45) is 10.8 Å². The van der Waals surface area contributed by atoms with E-state index >= 15 is 0 Å². The molecule has 0 saturated heterocycles. The van der Waals surface area contributed by atoms with Gasteiger partial charge in [-0.2, -0.15) is 0 Å². The summed E-state index contributed by atoms with van der Waals surface area (Å²) in [5.41, 5.74) is 1.42. The fourth-order valence-electron chi connectivity index (χ4n) is 2.59. The van der Waals surface area contributed by atoms with Crippen LogP contribution in [-0.4, -0.2) is 6.29 Å².